The molecule has 1 aromatic carbocycles. The van der Waals surface area contributed by atoms with Crippen LogP contribution in [0.1, 0.15) is 118 Å². The smallest absolute Gasteiger partial charge is 0.245 e. The molecule has 1 aliphatic rings. The topological polar surface area (TPSA) is 468 Å². The Morgan fingerprint density at radius 1 is 0.570 bits per heavy atom. The maximum Gasteiger partial charge on any atom is 0.245 e. The summed E-state index contributed by atoms with van der Waals surface area (Å²) in [5.41, 5.74) is 24.2. The second-order valence-corrected chi connectivity index (χ2v) is 22.9. The molecule has 0 bridgehead atoms. The number of hydrogen-bond donors (Lipinski definition) is 17. The van der Waals surface area contributed by atoms with Crippen molar-refractivity contribution in [1.82, 2.24) is 63.4 Å². The van der Waals surface area contributed by atoms with Crippen molar-refractivity contribution >= 4 is 65.0 Å². The van der Waals surface area contributed by atoms with Gasteiger partial charge in [0.25, 0.3) is 0 Å². The number of aliphatic hydroxyl groups is 2. The van der Waals surface area contributed by atoms with E-state index in [1.54, 1.807) is 63.2 Å². The zero-order chi connectivity index (χ0) is 64.6. The number of amides is 11. The van der Waals surface area contributed by atoms with Gasteiger partial charge in [-0.2, -0.15) is 0 Å². The Morgan fingerprint density at radius 2 is 1.08 bits per heavy atom. The first-order valence-corrected chi connectivity index (χ1v) is 29.8. The molecule has 1 heterocycles. The maximum absolute atomic E-state index is 14.6. The highest BCUT2D eigenvalue weighted by Gasteiger charge is 2.38. The van der Waals surface area contributed by atoms with Crippen LogP contribution in [0, 0.1) is 11.8 Å². The molecule has 0 aliphatic carbocycles. The van der Waals surface area contributed by atoms with Crippen LogP contribution < -0.4 is 81.4 Å². The van der Waals surface area contributed by atoms with Gasteiger partial charge in [-0.3, -0.25) is 52.7 Å². The van der Waals surface area contributed by atoms with E-state index in [4.69, 9.17) is 22.9 Å². The van der Waals surface area contributed by atoms with Crippen molar-refractivity contribution in [3.8, 4) is 0 Å². The lowest BCUT2D eigenvalue weighted by molar-refractivity contribution is -0.137. The number of carbonyl (C=O) groups is 11. The summed E-state index contributed by atoms with van der Waals surface area (Å²) in [5.74, 6) is -9.32. The molecule has 12 atom stereocenters. The Labute approximate surface area is 505 Å². The number of hydrogen-bond acceptors (Lipinski definition) is 18. The van der Waals surface area contributed by atoms with Crippen molar-refractivity contribution in [1.29, 1.82) is 0 Å². The van der Waals surface area contributed by atoms with Crippen LogP contribution in [0.15, 0.2) is 30.3 Å². The largest absolute Gasteiger partial charge is 0.391 e. The highest BCUT2D eigenvalue weighted by molar-refractivity contribution is 5.99. The first-order chi connectivity index (χ1) is 40.6. The molecular weight excluding hydrogens is 1120 g/mol. The third kappa shape index (κ3) is 27.6. The lowest BCUT2D eigenvalue weighted by Gasteiger charge is -2.29. The van der Waals surface area contributed by atoms with Crippen molar-refractivity contribution < 1.29 is 63.0 Å². The first-order valence-electron chi connectivity index (χ1n) is 29.8. The zero-order valence-corrected chi connectivity index (χ0v) is 51.3. The summed E-state index contributed by atoms with van der Waals surface area (Å²) in [4.78, 5) is 156. The Bertz CT molecular complexity index is 2350. The van der Waals surface area contributed by atoms with E-state index >= 15 is 0 Å². The number of benzene rings is 1. The molecule has 0 spiro atoms. The Hall–Kier alpha value is -6.89. The van der Waals surface area contributed by atoms with Gasteiger partial charge in [-0.1, -0.05) is 70.9 Å². The monoisotopic (exact) mass is 1220 g/mol. The maximum atomic E-state index is 14.6. The molecule has 29 nitrogen and oxygen atoms in total. The molecule has 21 N–H and O–H groups in total. The quantitative estimate of drug-likeness (QED) is 0.0334. The summed E-state index contributed by atoms with van der Waals surface area (Å²) in [5, 5.41) is 50.1. The summed E-state index contributed by atoms with van der Waals surface area (Å²) in [7, 11) is 3.44. The van der Waals surface area contributed by atoms with E-state index in [2.05, 4.69) is 72.3 Å². The van der Waals surface area contributed by atoms with Gasteiger partial charge in [0.15, 0.2) is 0 Å². The van der Waals surface area contributed by atoms with Gasteiger partial charge in [-0.05, 0) is 129 Å². The molecule has 0 radical (unpaired) electrons. The lowest BCUT2D eigenvalue weighted by atomic mass is 10.00. The van der Waals surface area contributed by atoms with Gasteiger partial charge in [0.1, 0.15) is 60.4 Å². The second kappa shape index (κ2) is 39.7. The van der Waals surface area contributed by atoms with E-state index in [-0.39, 0.29) is 90.0 Å². The van der Waals surface area contributed by atoms with Crippen molar-refractivity contribution in [3.63, 3.8) is 0 Å². The van der Waals surface area contributed by atoms with Crippen LogP contribution in [0.25, 0.3) is 0 Å². The fraction of sp³-hybridized carbons (Fsp3) is 0.702. The van der Waals surface area contributed by atoms with E-state index < -0.39 is 151 Å². The van der Waals surface area contributed by atoms with Gasteiger partial charge in [0, 0.05) is 19.4 Å². The molecule has 2 rings (SSSR count). The molecule has 1 aliphatic heterocycles. The van der Waals surface area contributed by atoms with Crippen LogP contribution in [0.5, 0.6) is 0 Å². The van der Waals surface area contributed by atoms with Gasteiger partial charge in [0.2, 0.25) is 65.0 Å². The fourth-order valence-electron chi connectivity index (χ4n) is 9.20. The Kier molecular flexibility index (Phi) is 34.8. The molecule has 1 saturated heterocycles. The number of nitrogens with two attached hydrogens (primary N) is 4. The van der Waals surface area contributed by atoms with E-state index in [9.17, 15) is 63.0 Å². The first kappa shape index (κ1) is 75.2. The van der Waals surface area contributed by atoms with Crippen molar-refractivity contribution in [2.75, 3.05) is 53.4 Å². The molecule has 86 heavy (non-hydrogen) atoms. The Balaban J connectivity index is 2.72. The molecule has 486 valence electrons. The lowest BCUT2D eigenvalue weighted by Crippen LogP contribution is -2.62. The SMILES string of the molecule is CC(C)CCCCC(=O)N[C@@H](CCN)C(=O)N[C@H](C(=O)N[C@@H](CCN)C(=O)N[C@H]1CCNC(=O)[C@H]([C@@H](C)O)NC(=O)[C@H](CCN(C)C)NC(=O)[C@H](CCN)NC(=O)[C@H](CC(C)C)NC(=O)[C@@H](Cc2ccccc2)NC(=O)[C@H](CCN)NC1=O)[C@@H](C)O. The Morgan fingerprint density at radius 3 is 1.60 bits per heavy atom. The summed E-state index contributed by atoms with van der Waals surface area (Å²) < 4.78 is 0. The van der Waals surface area contributed by atoms with Crippen molar-refractivity contribution in [2.24, 2.45) is 34.8 Å². The molecule has 29 heteroatoms. The number of carbonyl (C=O) groups excluding carboxylic acids is 11. The molecule has 1 fully saturated rings. The minimum Gasteiger partial charge on any atom is -0.391 e. The van der Waals surface area contributed by atoms with Gasteiger partial charge in [-0.15, -0.1) is 0 Å². The number of unbranched alkanes of at least 4 members (excludes halogenated alkanes) is 1. The van der Waals surface area contributed by atoms with Crippen LogP contribution in [-0.2, 0) is 59.2 Å². The standard InChI is InChI=1S/C57H100N16O13/c1-32(2)14-12-13-17-45(76)63-37(18-24-58)52(81)72-47(35(6)75)57(86)68-40(21-27-61)49(78)66-41-22-28-62-56(85)46(34(5)74)71-53(82)42(23-29-73(7)8)67-48(77)38(19-25-59)65-54(83)43(30-33(3)4)69-55(84)44(31-36-15-10-9-11-16-36)70-50(79)39(20-26-60)64-51(41)80/h9-11,15-16,32-35,37-44,46-47,74-75H,12-14,17-31,58-61H2,1-8H3,(H,62,85)(H,63,76)(H,64,80)(H,65,83)(H,66,78)(H,67,77)(H,68,86)(H,69,84)(H,70,79)(H,71,82)(H,72,81)/t34-,35-,37+,38+,39+,40+,41+,42+,43+,44-,46+,47+/m1/s1. The molecular formula is C57H100N16O13. The van der Waals surface area contributed by atoms with Gasteiger partial charge < -0.3 is 96.5 Å². The van der Waals surface area contributed by atoms with Gasteiger partial charge in [0.05, 0.1) is 12.2 Å². The van der Waals surface area contributed by atoms with Crippen LogP contribution >= 0.6 is 0 Å². The third-order valence-electron chi connectivity index (χ3n) is 14.1. The normalized spacial score (nSPS) is 22.5. The number of nitrogens with one attached hydrogen (secondary N) is 11. The minimum atomic E-state index is -1.70. The van der Waals surface area contributed by atoms with Crippen LogP contribution in [0.3, 0.4) is 0 Å². The average molecular weight is 1220 g/mol. The molecule has 0 unspecified atom stereocenters. The molecule has 1 aromatic rings. The predicted molar refractivity (Wildman–Crippen MR) is 321 cm³/mol. The molecule has 11 amide bonds. The van der Waals surface area contributed by atoms with Crippen molar-refractivity contribution in [2.45, 2.75) is 191 Å². The van der Waals surface area contributed by atoms with Gasteiger partial charge >= 0.3 is 0 Å². The van der Waals surface area contributed by atoms with E-state index in [0.717, 1.165) is 12.8 Å². The number of rotatable bonds is 29. The van der Waals surface area contributed by atoms with Crippen LogP contribution in [0.2, 0.25) is 0 Å². The van der Waals surface area contributed by atoms with Crippen LogP contribution in [-0.4, -0.2) is 206 Å². The summed E-state index contributed by atoms with van der Waals surface area (Å²) in [6.45, 7) is 9.41. The molecule has 0 aromatic heterocycles. The summed E-state index contributed by atoms with van der Waals surface area (Å²) >= 11 is 0. The number of aliphatic hydroxyl groups excluding tert-OH is 2. The van der Waals surface area contributed by atoms with E-state index in [1.807, 2.05) is 0 Å². The summed E-state index contributed by atoms with van der Waals surface area (Å²) in [6, 6.07) is -6.06. The third-order valence-corrected chi connectivity index (χ3v) is 14.1. The molecule has 0 saturated carbocycles. The average Bonchev–Trinajstić information content (AvgIpc) is 2.91. The predicted octanol–water partition coefficient (Wildman–Crippen LogP) is -5.03. The van der Waals surface area contributed by atoms with E-state index in [1.165, 1.54) is 13.8 Å². The van der Waals surface area contributed by atoms with Crippen LogP contribution in [0.4, 0.5) is 0 Å². The van der Waals surface area contributed by atoms with Gasteiger partial charge in [-0.25, -0.2) is 0 Å². The fourth-order valence-corrected chi connectivity index (χ4v) is 9.20. The summed E-state index contributed by atoms with van der Waals surface area (Å²) in [6.07, 6.45) is -1.86. The number of nitrogens with zero attached hydrogens (tertiary/aromatic N) is 1. The highest BCUT2D eigenvalue weighted by atomic mass is 16.3. The highest BCUT2D eigenvalue weighted by Crippen LogP contribution is 2.13. The minimum absolute atomic E-state index is 0.0159. The van der Waals surface area contributed by atoms with Crippen molar-refractivity contribution in [3.05, 3.63) is 35.9 Å². The zero-order valence-electron chi connectivity index (χ0n) is 51.3. The van der Waals surface area contributed by atoms with E-state index in [0.29, 0.717) is 17.9 Å². The second-order valence-electron chi connectivity index (χ2n) is 22.9.